The van der Waals surface area contributed by atoms with Gasteiger partial charge in [0.1, 0.15) is 5.82 Å². The number of halogens is 1. The summed E-state index contributed by atoms with van der Waals surface area (Å²) in [7, 11) is -0.371. The van der Waals surface area contributed by atoms with Crippen molar-refractivity contribution >= 4 is 12.6 Å². The molecule has 0 N–H and O–H groups in total. The van der Waals surface area contributed by atoms with Gasteiger partial charge in [-0.25, -0.2) is 4.39 Å². The summed E-state index contributed by atoms with van der Waals surface area (Å²) in [6.07, 6.45) is 0. The Labute approximate surface area is 125 Å². The van der Waals surface area contributed by atoms with Crippen LogP contribution < -0.4 is 5.46 Å². The zero-order valence-electron chi connectivity index (χ0n) is 12.3. The summed E-state index contributed by atoms with van der Waals surface area (Å²) in [5.74, 6) is -0.221. The van der Waals surface area contributed by atoms with Crippen LogP contribution in [0.3, 0.4) is 0 Å². The molecule has 2 aromatic carbocycles. The molecule has 1 saturated heterocycles. The molecule has 0 radical (unpaired) electrons. The summed E-state index contributed by atoms with van der Waals surface area (Å²) in [5.41, 5.74) is 2.39. The fraction of sp³-hybridized carbons (Fsp3) is 0.294. The number of rotatable bonds is 2. The highest BCUT2D eigenvalue weighted by atomic mass is 19.1. The maximum absolute atomic E-state index is 13.9. The van der Waals surface area contributed by atoms with Gasteiger partial charge in [-0.05, 0) is 17.1 Å². The first-order valence-corrected chi connectivity index (χ1v) is 7.13. The van der Waals surface area contributed by atoms with Gasteiger partial charge in [0.05, 0.1) is 0 Å². The molecule has 0 aliphatic carbocycles. The monoisotopic (exact) mass is 284 g/mol. The van der Waals surface area contributed by atoms with Crippen LogP contribution in [0.15, 0.2) is 48.5 Å². The second-order valence-corrected chi connectivity index (χ2v) is 6.22. The highest BCUT2D eigenvalue weighted by Gasteiger charge is 2.33. The minimum absolute atomic E-state index is 0.0413. The van der Waals surface area contributed by atoms with Crippen molar-refractivity contribution in [1.29, 1.82) is 0 Å². The van der Waals surface area contributed by atoms with Crippen molar-refractivity contribution in [2.24, 2.45) is 5.41 Å². The van der Waals surface area contributed by atoms with E-state index in [0.29, 0.717) is 18.8 Å². The SMILES string of the molecule is CC1(C)COB(c2cccc(-c3ccccc3F)c2)OC1. The third-order valence-electron chi connectivity index (χ3n) is 3.59. The van der Waals surface area contributed by atoms with E-state index in [4.69, 9.17) is 9.31 Å². The van der Waals surface area contributed by atoms with Gasteiger partial charge >= 0.3 is 7.12 Å². The molecule has 1 fully saturated rings. The molecule has 0 aromatic heterocycles. The van der Waals surface area contributed by atoms with Gasteiger partial charge in [0.15, 0.2) is 0 Å². The molecule has 21 heavy (non-hydrogen) atoms. The lowest BCUT2D eigenvalue weighted by Crippen LogP contribution is -2.47. The summed E-state index contributed by atoms with van der Waals surface area (Å²) in [6, 6.07) is 14.5. The molecule has 4 heteroatoms. The Bertz CT molecular complexity index is 632. The topological polar surface area (TPSA) is 18.5 Å². The van der Waals surface area contributed by atoms with Crippen molar-refractivity contribution in [3.05, 3.63) is 54.3 Å². The summed E-state index contributed by atoms with van der Waals surface area (Å²) >= 11 is 0. The van der Waals surface area contributed by atoms with Crippen molar-refractivity contribution in [3.63, 3.8) is 0 Å². The van der Waals surface area contributed by atoms with Crippen LogP contribution in [0.4, 0.5) is 4.39 Å². The average molecular weight is 284 g/mol. The lowest BCUT2D eigenvalue weighted by atomic mass is 9.75. The van der Waals surface area contributed by atoms with Crippen LogP contribution in [0.2, 0.25) is 0 Å². The van der Waals surface area contributed by atoms with E-state index in [1.807, 2.05) is 30.3 Å². The number of benzene rings is 2. The molecular formula is C17H18BFO2. The summed E-state index contributed by atoms with van der Waals surface area (Å²) in [6.45, 7) is 5.53. The zero-order chi connectivity index (χ0) is 14.9. The molecule has 3 rings (SSSR count). The molecule has 0 atom stereocenters. The average Bonchev–Trinajstić information content (AvgIpc) is 2.48. The second kappa shape index (κ2) is 5.62. The van der Waals surface area contributed by atoms with E-state index < -0.39 is 0 Å². The van der Waals surface area contributed by atoms with Crippen molar-refractivity contribution in [2.75, 3.05) is 13.2 Å². The Hall–Kier alpha value is -1.65. The van der Waals surface area contributed by atoms with Gasteiger partial charge in [0, 0.05) is 24.2 Å². The quantitative estimate of drug-likeness (QED) is 0.788. The van der Waals surface area contributed by atoms with Gasteiger partial charge < -0.3 is 9.31 Å². The third-order valence-corrected chi connectivity index (χ3v) is 3.59. The largest absolute Gasteiger partial charge is 0.493 e. The minimum Gasteiger partial charge on any atom is -0.407 e. The number of hydrogen-bond donors (Lipinski definition) is 0. The summed E-state index contributed by atoms with van der Waals surface area (Å²) < 4.78 is 25.5. The van der Waals surface area contributed by atoms with Crippen LogP contribution in [0.1, 0.15) is 13.8 Å². The Morgan fingerprint density at radius 3 is 2.43 bits per heavy atom. The molecule has 1 heterocycles. The first-order valence-electron chi connectivity index (χ1n) is 7.13. The van der Waals surface area contributed by atoms with E-state index in [-0.39, 0.29) is 18.4 Å². The van der Waals surface area contributed by atoms with Gasteiger partial charge in [-0.1, -0.05) is 56.3 Å². The Balaban J connectivity index is 1.86. The van der Waals surface area contributed by atoms with Crippen molar-refractivity contribution in [3.8, 4) is 11.1 Å². The molecule has 2 aromatic rings. The molecule has 108 valence electrons. The highest BCUT2D eigenvalue weighted by Crippen LogP contribution is 2.24. The molecule has 1 aliphatic rings. The third kappa shape index (κ3) is 3.17. The second-order valence-electron chi connectivity index (χ2n) is 6.22. The molecular weight excluding hydrogens is 266 g/mol. The normalized spacial score (nSPS) is 17.8. The van der Waals surface area contributed by atoms with Gasteiger partial charge in [-0.15, -0.1) is 0 Å². The van der Waals surface area contributed by atoms with Gasteiger partial charge in [-0.2, -0.15) is 0 Å². The van der Waals surface area contributed by atoms with E-state index in [1.54, 1.807) is 12.1 Å². The standard InChI is InChI=1S/C17H18BFO2/c1-17(2)11-20-18(21-12-17)14-7-5-6-13(10-14)15-8-3-4-9-16(15)19/h3-10H,11-12H2,1-2H3. The van der Waals surface area contributed by atoms with Gasteiger partial charge in [0.2, 0.25) is 0 Å². The van der Waals surface area contributed by atoms with Crippen LogP contribution in [0, 0.1) is 11.2 Å². The Morgan fingerprint density at radius 1 is 1.00 bits per heavy atom. The van der Waals surface area contributed by atoms with E-state index >= 15 is 0 Å². The van der Waals surface area contributed by atoms with Crippen molar-refractivity contribution in [2.45, 2.75) is 13.8 Å². The van der Waals surface area contributed by atoms with Crippen LogP contribution in [0.25, 0.3) is 11.1 Å². The van der Waals surface area contributed by atoms with E-state index in [0.717, 1.165) is 11.0 Å². The van der Waals surface area contributed by atoms with Crippen LogP contribution in [-0.4, -0.2) is 20.3 Å². The molecule has 0 spiro atoms. The van der Waals surface area contributed by atoms with Gasteiger partial charge in [0.25, 0.3) is 0 Å². The maximum Gasteiger partial charge on any atom is 0.493 e. The van der Waals surface area contributed by atoms with Crippen LogP contribution in [0.5, 0.6) is 0 Å². The van der Waals surface area contributed by atoms with Crippen molar-refractivity contribution in [1.82, 2.24) is 0 Å². The van der Waals surface area contributed by atoms with Crippen LogP contribution >= 0.6 is 0 Å². The summed E-state index contributed by atoms with van der Waals surface area (Å²) in [4.78, 5) is 0. The fourth-order valence-corrected chi connectivity index (χ4v) is 2.43. The lowest BCUT2D eigenvalue weighted by Gasteiger charge is -2.33. The lowest BCUT2D eigenvalue weighted by molar-refractivity contribution is 0.0343. The predicted molar refractivity (Wildman–Crippen MR) is 82.9 cm³/mol. The van der Waals surface area contributed by atoms with E-state index in [1.165, 1.54) is 6.07 Å². The molecule has 0 amide bonds. The Morgan fingerprint density at radius 2 is 1.71 bits per heavy atom. The van der Waals surface area contributed by atoms with Crippen LogP contribution in [-0.2, 0) is 9.31 Å². The molecule has 0 unspecified atom stereocenters. The first kappa shape index (κ1) is 14.3. The molecule has 0 bridgehead atoms. The Kier molecular flexibility index (Phi) is 3.83. The maximum atomic E-state index is 13.9. The fourth-order valence-electron chi connectivity index (χ4n) is 2.43. The molecule has 0 saturated carbocycles. The van der Waals surface area contributed by atoms with Gasteiger partial charge in [-0.3, -0.25) is 0 Å². The predicted octanol–water partition coefficient (Wildman–Crippen LogP) is 3.26. The smallest absolute Gasteiger partial charge is 0.407 e. The van der Waals surface area contributed by atoms with Crippen molar-refractivity contribution < 1.29 is 13.7 Å². The first-order chi connectivity index (χ1) is 10.1. The van der Waals surface area contributed by atoms with E-state index in [9.17, 15) is 4.39 Å². The minimum atomic E-state index is -0.371. The number of hydrogen-bond acceptors (Lipinski definition) is 2. The molecule has 1 aliphatic heterocycles. The summed E-state index contributed by atoms with van der Waals surface area (Å²) in [5, 5.41) is 0. The van der Waals surface area contributed by atoms with E-state index in [2.05, 4.69) is 13.8 Å². The zero-order valence-corrected chi connectivity index (χ0v) is 12.3. The molecule has 2 nitrogen and oxygen atoms in total. The highest BCUT2D eigenvalue weighted by molar-refractivity contribution is 6.61.